The highest BCUT2D eigenvalue weighted by Crippen LogP contribution is 2.44. The van der Waals surface area contributed by atoms with E-state index in [1.165, 1.54) is 0 Å². The number of anilines is 2. The Hall–Kier alpha value is -4.59. The fourth-order valence-corrected chi connectivity index (χ4v) is 6.15. The molecule has 7 heteroatoms. The number of ether oxygens (including phenoxy) is 3. The third-order valence-corrected chi connectivity index (χ3v) is 8.34. The molecule has 0 saturated heterocycles. The van der Waals surface area contributed by atoms with Crippen molar-refractivity contribution in [1.29, 1.82) is 0 Å². The summed E-state index contributed by atoms with van der Waals surface area (Å²) in [7, 11) is 1.88. The summed E-state index contributed by atoms with van der Waals surface area (Å²) in [5.74, 6) is 1.91. The van der Waals surface area contributed by atoms with Gasteiger partial charge in [-0.15, -0.1) is 0 Å². The van der Waals surface area contributed by atoms with E-state index in [0.717, 1.165) is 45.1 Å². The number of benzene rings is 4. The fraction of sp³-hybridized carbons (Fsp3) is 0.216. The van der Waals surface area contributed by atoms with Crippen LogP contribution in [0, 0.1) is 0 Å². The molecule has 0 aliphatic carbocycles. The van der Waals surface area contributed by atoms with E-state index in [1.54, 1.807) is 7.11 Å². The number of rotatable bonds is 9. The van der Waals surface area contributed by atoms with Crippen molar-refractivity contribution < 1.29 is 18.6 Å². The van der Waals surface area contributed by atoms with Gasteiger partial charge in [-0.25, -0.2) is 4.98 Å². The van der Waals surface area contributed by atoms with Crippen LogP contribution in [0.25, 0.3) is 11.3 Å². The van der Waals surface area contributed by atoms with Crippen molar-refractivity contribution in [2.75, 3.05) is 25.6 Å². The van der Waals surface area contributed by atoms with E-state index in [2.05, 4.69) is 92.8 Å². The molecule has 222 valence electrons. The summed E-state index contributed by atoms with van der Waals surface area (Å²) >= 11 is 0. The van der Waals surface area contributed by atoms with Crippen molar-refractivity contribution in [1.82, 2.24) is 4.98 Å². The average Bonchev–Trinajstić information content (AvgIpc) is 3.06. The third kappa shape index (κ3) is 6.07. The Morgan fingerprint density at radius 3 is 2.07 bits per heavy atom. The monoisotopic (exact) mass is 600 g/mol. The predicted octanol–water partition coefficient (Wildman–Crippen LogP) is 8.42. The Kier molecular flexibility index (Phi) is 8.42. The highest BCUT2D eigenvalue weighted by Gasteiger charge is 2.39. The third-order valence-electron chi connectivity index (χ3n) is 7.31. The van der Waals surface area contributed by atoms with E-state index >= 15 is 0 Å². The van der Waals surface area contributed by atoms with Crippen LogP contribution in [-0.4, -0.2) is 35.1 Å². The van der Waals surface area contributed by atoms with Gasteiger partial charge in [0.25, 0.3) is 0 Å². The van der Waals surface area contributed by atoms with Gasteiger partial charge in [0.2, 0.25) is 15.6 Å². The Bertz CT molecular complexity index is 1680. The maximum absolute atomic E-state index is 7.05. The van der Waals surface area contributed by atoms with Crippen LogP contribution in [-0.2, 0) is 10.0 Å². The van der Waals surface area contributed by atoms with Crippen LogP contribution in [0.15, 0.2) is 115 Å². The zero-order valence-electron chi connectivity index (χ0n) is 25.5. The molecule has 2 radical (unpaired) electrons. The number of aromatic nitrogens is 1. The van der Waals surface area contributed by atoms with Crippen molar-refractivity contribution >= 4 is 21.1 Å². The van der Waals surface area contributed by atoms with Crippen molar-refractivity contribution in [3.63, 3.8) is 0 Å². The van der Waals surface area contributed by atoms with Crippen molar-refractivity contribution in [2.24, 2.45) is 0 Å². The van der Waals surface area contributed by atoms with Crippen LogP contribution >= 0.6 is 0 Å². The number of nitrogens with zero attached hydrogens (tertiary/aromatic N) is 1. The van der Waals surface area contributed by atoms with Gasteiger partial charge in [0.1, 0.15) is 24.5 Å². The largest absolute Gasteiger partial charge is 0.486 e. The summed E-state index contributed by atoms with van der Waals surface area (Å²) in [4.78, 5) is 4.84. The van der Waals surface area contributed by atoms with Crippen LogP contribution in [0.4, 0.5) is 11.4 Å². The minimum Gasteiger partial charge on any atom is -0.486 e. The summed E-state index contributed by atoms with van der Waals surface area (Å²) in [5.41, 5.74) is 5.59. The van der Waals surface area contributed by atoms with Gasteiger partial charge < -0.3 is 24.0 Å². The zero-order valence-corrected chi connectivity index (χ0v) is 26.5. The first-order chi connectivity index (χ1) is 21.4. The number of nitrogens with one attached hydrogen (secondary N) is 1. The molecule has 0 spiro atoms. The van der Waals surface area contributed by atoms with Crippen molar-refractivity contribution in [3.8, 4) is 28.6 Å². The first-order valence-corrected chi connectivity index (χ1v) is 15.7. The molecule has 0 unspecified atom stereocenters. The molecule has 0 fully saturated rings. The highest BCUT2D eigenvalue weighted by atomic mass is 28.2. The van der Waals surface area contributed by atoms with Gasteiger partial charge >= 0.3 is 0 Å². The van der Waals surface area contributed by atoms with E-state index in [0.29, 0.717) is 24.8 Å². The maximum Gasteiger partial charge on any atom is 0.238 e. The summed E-state index contributed by atoms with van der Waals surface area (Å²) in [5, 5.41) is 3.54. The number of fused-ring (bicyclic) bond motifs is 1. The quantitative estimate of drug-likeness (QED) is 0.135. The van der Waals surface area contributed by atoms with Crippen LogP contribution < -0.4 is 19.5 Å². The molecular formula is C37H36N2O4Si. The number of hydrogen-bond donors (Lipinski definition) is 1. The topological polar surface area (TPSA) is 61.8 Å². The fourth-order valence-electron chi connectivity index (χ4n) is 5.34. The number of para-hydroxylation sites is 1. The summed E-state index contributed by atoms with van der Waals surface area (Å²) < 4.78 is 24.5. The molecule has 0 amide bonds. The molecule has 6 nitrogen and oxygen atoms in total. The molecule has 6 rings (SSSR count). The standard InChI is InChI=1S/C37H36N2O4Si/c1-36(2,3)44-43-37(26-13-7-5-8-14-26,27-15-9-6-10-16-27)28-17-11-18-29(25-28)38-32-22-21-31(39-35(32)40-4)30-19-12-20-33-34(30)42-24-23-41-33/h5-22,25,38H,23-24H2,1-4H3. The lowest BCUT2D eigenvalue weighted by Gasteiger charge is -2.38. The van der Waals surface area contributed by atoms with Crippen LogP contribution in [0.2, 0.25) is 5.04 Å². The molecule has 4 aromatic carbocycles. The zero-order chi connectivity index (χ0) is 30.6. The lowest BCUT2D eigenvalue weighted by Crippen LogP contribution is -2.36. The van der Waals surface area contributed by atoms with Gasteiger partial charge in [-0.3, -0.25) is 0 Å². The Morgan fingerprint density at radius 2 is 1.39 bits per heavy atom. The summed E-state index contributed by atoms with van der Waals surface area (Å²) in [6, 6.07) is 39.1. The molecule has 1 aromatic heterocycles. The SMILES string of the molecule is COc1nc(-c2cccc3c2OCCO3)ccc1Nc1cccc(C(O[Si]C(C)(C)C)(c2ccccc2)c2ccccc2)c1. The number of hydrogen-bond acceptors (Lipinski definition) is 6. The van der Waals surface area contributed by atoms with Gasteiger partial charge in [0.15, 0.2) is 11.5 Å². The Labute approximate surface area is 261 Å². The van der Waals surface area contributed by atoms with Crippen molar-refractivity contribution in [2.45, 2.75) is 31.4 Å². The van der Waals surface area contributed by atoms with Gasteiger partial charge in [-0.05, 0) is 58.1 Å². The minimum atomic E-state index is -0.813. The first-order valence-electron chi connectivity index (χ1n) is 14.8. The van der Waals surface area contributed by atoms with Gasteiger partial charge in [-0.2, -0.15) is 0 Å². The highest BCUT2D eigenvalue weighted by molar-refractivity contribution is 6.32. The molecule has 1 N–H and O–H groups in total. The van der Waals surface area contributed by atoms with E-state index < -0.39 is 5.60 Å². The lowest BCUT2D eigenvalue weighted by atomic mass is 9.80. The number of pyridine rings is 1. The second-order valence-electron chi connectivity index (χ2n) is 11.7. The molecule has 44 heavy (non-hydrogen) atoms. The Balaban J connectivity index is 1.40. The molecule has 0 bridgehead atoms. The molecule has 2 heterocycles. The number of methoxy groups -OCH3 is 1. The normalized spacial score (nSPS) is 12.9. The molecule has 0 atom stereocenters. The predicted molar refractivity (Wildman–Crippen MR) is 176 cm³/mol. The maximum atomic E-state index is 7.05. The molecule has 0 saturated carbocycles. The molecule has 1 aliphatic rings. The summed E-state index contributed by atoms with van der Waals surface area (Å²) in [6.45, 7) is 7.66. The minimum absolute atomic E-state index is 0.0133. The first kappa shape index (κ1) is 29.5. The second kappa shape index (κ2) is 12.6. The second-order valence-corrected chi connectivity index (χ2v) is 13.6. The molecule has 5 aromatic rings. The molecule has 1 aliphatic heterocycles. The van der Waals surface area contributed by atoms with Crippen LogP contribution in [0.3, 0.4) is 0 Å². The average molecular weight is 601 g/mol. The smallest absolute Gasteiger partial charge is 0.238 e. The van der Waals surface area contributed by atoms with Crippen LogP contribution in [0.5, 0.6) is 17.4 Å². The van der Waals surface area contributed by atoms with E-state index in [-0.39, 0.29) is 14.8 Å². The van der Waals surface area contributed by atoms with Crippen LogP contribution in [0.1, 0.15) is 37.5 Å². The van der Waals surface area contributed by atoms with Gasteiger partial charge in [-0.1, -0.05) is 99.6 Å². The van der Waals surface area contributed by atoms with Gasteiger partial charge in [0, 0.05) is 11.3 Å². The van der Waals surface area contributed by atoms with Gasteiger partial charge in [0.05, 0.1) is 12.8 Å². The van der Waals surface area contributed by atoms with E-state index in [1.807, 2.05) is 48.5 Å². The van der Waals surface area contributed by atoms with E-state index in [4.69, 9.17) is 23.6 Å². The molecular weight excluding hydrogens is 565 g/mol. The Morgan fingerprint density at radius 1 is 0.727 bits per heavy atom. The van der Waals surface area contributed by atoms with Crippen molar-refractivity contribution in [3.05, 3.63) is 132 Å². The van der Waals surface area contributed by atoms with E-state index in [9.17, 15) is 0 Å². The lowest BCUT2D eigenvalue weighted by molar-refractivity contribution is 0.157. The summed E-state index contributed by atoms with van der Waals surface area (Å²) in [6.07, 6.45) is 0.